The van der Waals surface area contributed by atoms with Crippen LogP contribution in [0, 0.1) is 6.92 Å². The van der Waals surface area contributed by atoms with E-state index >= 15 is 0 Å². The van der Waals surface area contributed by atoms with Crippen molar-refractivity contribution < 1.29 is 9.53 Å². The molecule has 0 radical (unpaired) electrons. The van der Waals surface area contributed by atoms with Crippen molar-refractivity contribution >= 4 is 27.5 Å². The summed E-state index contributed by atoms with van der Waals surface area (Å²) in [4.78, 5) is 11.3. The number of primary amides is 1. The van der Waals surface area contributed by atoms with E-state index in [2.05, 4.69) is 39.4 Å². The molecule has 2 aromatic carbocycles. The number of nitrogens with one attached hydrogen (secondary N) is 1. The normalized spacial score (nSPS) is 10.2. The topological polar surface area (TPSA) is 64.3 Å². The van der Waals surface area contributed by atoms with Crippen LogP contribution in [0.4, 0.5) is 5.69 Å². The number of hydrogen-bond donors (Lipinski definition) is 2. The Hall–Kier alpha value is -2.01. The van der Waals surface area contributed by atoms with E-state index in [1.807, 2.05) is 6.92 Å². The highest BCUT2D eigenvalue weighted by Gasteiger charge is 2.08. The Bertz CT molecular complexity index is 671. The molecule has 0 aromatic heterocycles. The molecule has 0 unspecified atom stereocenters. The zero-order chi connectivity index (χ0) is 15.4. The van der Waals surface area contributed by atoms with Gasteiger partial charge in [-0.05, 0) is 42.3 Å². The maximum atomic E-state index is 11.3. The van der Waals surface area contributed by atoms with Gasteiger partial charge in [-0.25, -0.2) is 0 Å². The Balaban J connectivity index is 2.19. The molecule has 0 atom stereocenters. The number of amides is 1. The van der Waals surface area contributed by atoms with Gasteiger partial charge < -0.3 is 15.8 Å². The minimum atomic E-state index is -0.459. The molecule has 0 fully saturated rings. The first-order valence-corrected chi connectivity index (χ1v) is 7.27. The van der Waals surface area contributed by atoms with E-state index in [1.165, 1.54) is 5.56 Å². The second-order valence-electron chi connectivity index (χ2n) is 4.72. The lowest BCUT2D eigenvalue weighted by atomic mass is 10.1. The Labute approximate surface area is 132 Å². The smallest absolute Gasteiger partial charge is 0.248 e. The van der Waals surface area contributed by atoms with Crippen molar-refractivity contribution in [3.05, 3.63) is 57.6 Å². The molecule has 3 N–H and O–H groups in total. The summed E-state index contributed by atoms with van der Waals surface area (Å²) in [7, 11) is 1.59. The second-order valence-corrected chi connectivity index (χ2v) is 5.57. The third kappa shape index (κ3) is 3.76. The van der Waals surface area contributed by atoms with Crippen LogP contribution < -0.4 is 15.8 Å². The van der Waals surface area contributed by atoms with Crippen molar-refractivity contribution in [3.63, 3.8) is 0 Å². The summed E-state index contributed by atoms with van der Waals surface area (Å²) in [6, 6.07) is 11.2. The van der Waals surface area contributed by atoms with E-state index in [4.69, 9.17) is 10.5 Å². The van der Waals surface area contributed by atoms with Gasteiger partial charge in [0.25, 0.3) is 0 Å². The van der Waals surface area contributed by atoms with Crippen LogP contribution in [0.3, 0.4) is 0 Å². The summed E-state index contributed by atoms with van der Waals surface area (Å²) in [5.74, 6) is 0.213. The predicted octanol–water partition coefficient (Wildman–Crippen LogP) is 3.48. The molecule has 2 aromatic rings. The summed E-state index contributed by atoms with van der Waals surface area (Å²) in [6.45, 7) is 2.66. The maximum Gasteiger partial charge on any atom is 0.248 e. The molecular formula is C16H17BrN2O2. The number of rotatable bonds is 5. The third-order valence-electron chi connectivity index (χ3n) is 3.20. The summed E-state index contributed by atoms with van der Waals surface area (Å²) in [6.07, 6.45) is 0. The van der Waals surface area contributed by atoms with Crippen LogP contribution in [-0.2, 0) is 6.54 Å². The number of nitrogens with two attached hydrogens (primary N) is 1. The SMILES string of the molecule is COc1ccc(C(N)=O)cc1NCc1ccc(C)c(Br)c1. The van der Waals surface area contributed by atoms with Crippen LogP contribution in [0.5, 0.6) is 5.75 Å². The van der Waals surface area contributed by atoms with Crippen LogP contribution in [0.1, 0.15) is 21.5 Å². The van der Waals surface area contributed by atoms with Gasteiger partial charge in [0, 0.05) is 16.6 Å². The number of hydrogen-bond acceptors (Lipinski definition) is 3. The fourth-order valence-electron chi connectivity index (χ4n) is 1.94. The van der Waals surface area contributed by atoms with Crippen molar-refractivity contribution in [2.75, 3.05) is 12.4 Å². The van der Waals surface area contributed by atoms with Crippen molar-refractivity contribution in [2.24, 2.45) is 5.73 Å². The van der Waals surface area contributed by atoms with Crippen molar-refractivity contribution in [1.82, 2.24) is 0 Å². The van der Waals surface area contributed by atoms with Crippen LogP contribution in [0.15, 0.2) is 40.9 Å². The Kier molecular flexibility index (Phi) is 4.85. The lowest BCUT2D eigenvalue weighted by molar-refractivity contribution is 0.100. The first kappa shape index (κ1) is 15.4. The number of benzene rings is 2. The van der Waals surface area contributed by atoms with E-state index in [0.29, 0.717) is 17.9 Å². The number of methoxy groups -OCH3 is 1. The largest absolute Gasteiger partial charge is 0.495 e. The van der Waals surface area contributed by atoms with E-state index < -0.39 is 5.91 Å². The second kappa shape index (κ2) is 6.63. The molecule has 0 saturated heterocycles. The highest BCUT2D eigenvalue weighted by molar-refractivity contribution is 9.10. The fraction of sp³-hybridized carbons (Fsp3) is 0.188. The average Bonchev–Trinajstić information content (AvgIpc) is 2.48. The predicted molar refractivity (Wildman–Crippen MR) is 87.7 cm³/mol. The summed E-state index contributed by atoms with van der Waals surface area (Å²) >= 11 is 3.52. The zero-order valence-electron chi connectivity index (χ0n) is 11.9. The maximum absolute atomic E-state index is 11.3. The first-order chi connectivity index (χ1) is 10.0. The summed E-state index contributed by atoms with van der Waals surface area (Å²) in [5.41, 5.74) is 8.80. The lowest BCUT2D eigenvalue weighted by Gasteiger charge is -2.13. The lowest BCUT2D eigenvalue weighted by Crippen LogP contribution is -2.11. The van der Waals surface area contributed by atoms with E-state index in [9.17, 15) is 4.79 Å². The quantitative estimate of drug-likeness (QED) is 0.869. The summed E-state index contributed by atoms with van der Waals surface area (Å²) < 4.78 is 6.36. The van der Waals surface area contributed by atoms with Gasteiger partial charge in [-0.1, -0.05) is 28.1 Å². The Morgan fingerprint density at radius 3 is 2.67 bits per heavy atom. The van der Waals surface area contributed by atoms with E-state index in [0.717, 1.165) is 15.7 Å². The highest BCUT2D eigenvalue weighted by atomic mass is 79.9. The Morgan fingerprint density at radius 2 is 2.05 bits per heavy atom. The molecule has 5 heteroatoms. The minimum Gasteiger partial charge on any atom is -0.495 e. The molecule has 0 spiro atoms. The van der Waals surface area contributed by atoms with Crippen molar-refractivity contribution in [3.8, 4) is 5.75 Å². The van der Waals surface area contributed by atoms with Crippen LogP contribution in [0.2, 0.25) is 0 Å². The van der Waals surface area contributed by atoms with Gasteiger partial charge in [0.15, 0.2) is 0 Å². The third-order valence-corrected chi connectivity index (χ3v) is 4.06. The number of ether oxygens (including phenoxy) is 1. The molecule has 0 saturated carbocycles. The van der Waals surface area contributed by atoms with Crippen molar-refractivity contribution in [1.29, 1.82) is 0 Å². The van der Waals surface area contributed by atoms with Crippen molar-refractivity contribution in [2.45, 2.75) is 13.5 Å². The van der Waals surface area contributed by atoms with Gasteiger partial charge in [-0.15, -0.1) is 0 Å². The molecular weight excluding hydrogens is 332 g/mol. The van der Waals surface area contributed by atoms with Crippen LogP contribution in [-0.4, -0.2) is 13.0 Å². The molecule has 0 aliphatic carbocycles. The fourth-order valence-corrected chi connectivity index (χ4v) is 2.37. The summed E-state index contributed by atoms with van der Waals surface area (Å²) in [5, 5.41) is 3.27. The minimum absolute atomic E-state index is 0.448. The number of halogens is 1. The van der Waals surface area contributed by atoms with Gasteiger partial charge in [-0.2, -0.15) is 0 Å². The molecule has 0 heterocycles. The molecule has 0 aliphatic heterocycles. The van der Waals surface area contributed by atoms with Crippen LogP contribution in [0.25, 0.3) is 0 Å². The number of anilines is 1. The number of carbonyl (C=O) groups excluding carboxylic acids is 1. The molecule has 0 bridgehead atoms. The van der Waals surface area contributed by atoms with Gasteiger partial charge in [0.2, 0.25) is 5.91 Å². The van der Waals surface area contributed by atoms with Gasteiger partial charge in [-0.3, -0.25) is 4.79 Å². The highest BCUT2D eigenvalue weighted by Crippen LogP contribution is 2.26. The van der Waals surface area contributed by atoms with E-state index in [1.54, 1.807) is 25.3 Å². The number of carbonyl (C=O) groups is 1. The monoisotopic (exact) mass is 348 g/mol. The van der Waals surface area contributed by atoms with Gasteiger partial charge in [0.1, 0.15) is 5.75 Å². The van der Waals surface area contributed by atoms with Crippen LogP contribution >= 0.6 is 15.9 Å². The average molecular weight is 349 g/mol. The standard InChI is InChI=1S/C16H17BrN2O2/c1-10-3-4-11(7-13(10)17)9-19-14-8-12(16(18)20)5-6-15(14)21-2/h3-8,19H,9H2,1-2H3,(H2,18,20). The molecule has 0 aliphatic rings. The van der Waals surface area contributed by atoms with Gasteiger partial charge >= 0.3 is 0 Å². The molecule has 21 heavy (non-hydrogen) atoms. The zero-order valence-corrected chi connectivity index (χ0v) is 13.5. The van der Waals surface area contributed by atoms with E-state index in [-0.39, 0.29) is 0 Å². The molecule has 1 amide bonds. The Morgan fingerprint density at radius 1 is 1.29 bits per heavy atom. The molecule has 2 rings (SSSR count). The van der Waals surface area contributed by atoms with Gasteiger partial charge in [0.05, 0.1) is 12.8 Å². The first-order valence-electron chi connectivity index (χ1n) is 6.48. The molecule has 4 nitrogen and oxygen atoms in total. The number of aryl methyl sites for hydroxylation is 1. The molecule has 110 valence electrons.